The molecule has 7 nitrogen and oxygen atoms in total. The zero-order valence-corrected chi connectivity index (χ0v) is 18.4. The Bertz CT molecular complexity index is 1310. The van der Waals surface area contributed by atoms with Gasteiger partial charge in [-0.1, -0.05) is 36.0 Å². The minimum absolute atomic E-state index is 0.184. The normalized spacial score (nSPS) is 13.0. The summed E-state index contributed by atoms with van der Waals surface area (Å²) in [5, 5.41) is 11.6. The first-order valence-corrected chi connectivity index (χ1v) is 11.1. The number of ether oxygens (including phenoxy) is 2. The number of thioether (sulfide) groups is 1. The third kappa shape index (κ3) is 4.40. The maximum Gasteiger partial charge on any atom is 0.237 e. The van der Waals surface area contributed by atoms with Gasteiger partial charge in [0.25, 0.3) is 0 Å². The molecule has 0 saturated heterocycles. The first kappa shape index (κ1) is 21.0. The molecule has 1 atom stereocenters. The molecule has 1 aliphatic heterocycles. The van der Waals surface area contributed by atoms with Gasteiger partial charge in [-0.05, 0) is 55.5 Å². The number of aromatic nitrogens is 3. The molecule has 0 fully saturated rings. The highest BCUT2D eigenvalue weighted by Crippen LogP contribution is 2.37. The van der Waals surface area contributed by atoms with Crippen LogP contribution in [0.25, 0.3) is 17.1 Å². The third-order valence-corrected chi connectivity index (χ3v) is 6.06. The van der Waals surface area contributed by atoms with Crippen molar-refractivity contribution in [2.45, 2.75) is 17.3 Å². The van der Waals surface area contributed by atoms with Crippen LogP contribution in [-0.2, 0) is 4.79 Å². The highest BCUT2D eigenvalue weighted by atomic mass is 32.2. The molecule has 0 saturated carbocycles. The fourth-order valence-electron chi connectivity index (χ4n) is 3.40. The first-order chi connectivity index (χ1) is 16.1. The fourth-order valence-corrected chi connectivity index (χ4v) is 4.27. The Hall–Kier alpha value is -3.85. The highest BCUT2D eigenvalue weighted by Gasteiger charge is 2.23. The molecule has 0 spiro atoms. The maximum atomic E-state index is 13.5. The number of nitrogens with one attached hydrogen (secondary N) is 1. The van der Waals surface area contributed by atoms with Gasteiger partial charge in [-0.2, -0.15) is 0 Å². The summed E-state index contributed by atoms with van der Waals surface area (Å²) in [5.41, 5.74) is 2.06. The van der Waals surface area contributed by atoms with Gasteiger partial charge in [0.1, 0.15) is 5.82 Å². The SMILES string of the molecule is C[C@@H](Sc1nnc(-c2ccc3c(c2)OCO3)n1-c1ccccc1)C(=O)Nc1cccc(F)c1. The Morgan fingerprint density at radius 3 is 2.67 bits per heavy atom. The molecule has 9 heteroatoms. The summed E-state index contributed by atoms with van der Waals surface area (Å²) in [7, 11) is 0. The van der Waals surface area contributed by atoms with E-state index in [4.69, 9.17) is 9.47 Å². The van der Waals surface area contributed by atoms with Gasteiger partial charge in [-0.15, -0.1) is 10.2 Å². The van der Waals surface area contributed by atoms with Crippen LogP contribution in [0.5, 0.6) is 11.5 Å². The minimum atomic E-state index is -0.510. The maximum absolute atomic E-state index is 13.5. The largest absolute Gasteiger partial charge is 0.454 e. The second kappa shape index (κ2) is 8.95. The van der Waals surface area contributed by atoms with E-state index in [1.807, 2.05) is 53.1 Å². The number of nitrogens with zero attached hydrogens (tertiary/aromatic N) is 3. The van der Waals surface area contributed by atoms with Gasteiger partial charge < -0.3 is 14.8 Å². The van der Waals surface area contributed by atoms with Gasteiger partial charge in [-0.3, -0.25) is 9.36 Å². The number of carbonyl (C=O) groups is 1. The molecular weight excluding hydrogens is 443 g/mol. The molecule has 0 unspecified atom stereocenters. The summed E-state index contributed by atoms with van der Waals surface area (Å²) in [6, 6.07) is 21.1. The molecule has 5 rings (SSSR count). The van der Waals surface area contributed by atoms with Crippen LogP contribution in [0.2, 0.25) is 0 Å². The van der Waals surface area contributed by atoms with Crippen LogP contribution < -0.4 is 14.8 Å². The number of hydrogen-bond donors (Lipinski definition) is 1. The van der Waals surface area contributed by atoms with Crippen molar-refractivity contribution in [1.82, 2.24) is 14.8 Å². The van der Waals surface area contributed by atoms with E-state index < -0.39 is 11.1 Å². The topological polar surface area (TPSA) is 78.3 Å². The standard InChI is InChI=1S/C24H19FN4O3S/c1-15(23(30)26-18-7-5-6-17(25)13-18)33-24-28-27-22(29(24)19-8-3-2-4-9-19)16-10-11-20-21(12-16)32-14-31-20/h2-13,15H,14H2,1H3,(H,26,30)/t15-/m1/s1. The Kier molecular flexibility index (Phi) is 5.70. The van der Waals surface area contributed by atoms with Crippen LogP contribution in [-0.4, -0.2) is 32.7 Å². The summed E-state index contributed by atoms with van der Waals surface area (Å²) in [6.07, 6.45) is 0. The molecule has 0 radical (unpaired) electrons. The molecule has 3 aromatic carbocycles. The molecule has 2 heterocycles. The highest BCUT2D eigenvalue weighted by molar-refractivity contribution is 8.00. The minimum Gasteiger partial charge on any atom is -0.454 e. The van der Waals surface area contributed by atoms with E-state index in [-0.39, 0.29) is 12.7 Å². The van der Waals surface area contributed by atoms with Gasteiger partial charge >= 0.3 is 0 Å². The van der Waals surface area contributed by atoms with Crippen LogP contribution in [0, 0.1) is 5.82 Å². The second-order valence-corrected chi connectivity index (χ2v) is 8.61. The Labute approximate surface area is 193 Å². The van der Waals surface area contributed by atoms with Crippen molar-refractivity contribution in [1.29, 1.82) is 0 Å². The molecule has 166 valence electrons. The third-order valence-electron chi connectivity index (χ3n) is 5.02. The average molecular weight is 463 g/mol. The average Bonchev–Trinajstić information content (AvgIpc) is 3.46. The van der Waals surface area contributed by atoms with Gasteiger partial charge in [0.2, 0.25) is 12.7 Å². The van der Waals surface area contributed by atoms with Crippen molar-refractivity contribution >= 4 is 23.4 Å². The summed E-state index contributed by atoms with van der Waals surface area (Å²) >= 11 is 1.27. The van der Waals surface area contributed by atoms with Crippen molar-refractivity contribution < 1.29 is 18.7 Å². The molecule has 0 aliphatic carbocycles. The van der Waals surface area contributed by atoms with Crippen LogP contribution in [0.4, 0.5) is 10.1 Å². The monoisotopic (exact) mass is 462 g/mol. The molecule has 1 amide bonds. The lowest BCUT2D eigenvalue weighted by atomic mass is 10.2. The number of hydrogen-bond acceptors (Lipinski definition) is 6. The van der Waals surface area contributed by atoms with E-state index in [1.54, 1.807) is 19.1 Å². The van der Waals surface area contributed by atoms with Crippen LogP contribution in [0.15, 0.2) is 78.0 Å². The number of rotatable bonds is 6. The zero-order valence-electron chi connectivity index (χ0n) is 17.6. The molecule has 0 bridgehead atoms. The first-order valence-electron chi connectivity index (χ1n) is 10.2. The smallest absolute Gasteiger partial charge is 0.237 e. The van der Waals surface area contributed by atoms with E-state index in [1.165, 1.54) is 23.9 Å². The van der Waals surface area contributed by atoms with Crippen molar-refractivity contribution in [2.24, 2.45) is 0 Å². The van der Waals surface area contributed by atoms with Crippen LogP contribution in [0.1, 0.15) is 6.92 Å². The lowest BCUT2D eigenvalue weighted by molar-refractivity contribution is -0.115. The zero-order chi connectivity index (χ0) is 22.8. The number of fused-ring (bicyclic) bond motifs is 1. The number of amides is 1. The Morgan fingerprint density at radius 1 is 1.03 bits per heavy atom. The van der Waals surface area contributed by atoms with Crippen LogP contribution in [0.3, 0.4) is 0 Å². The Balaban J connectivity index is 1.46. The lowest BCUT2D eigenvalue weighted by Crippen LogP contribution is -2.23. The number of carbonyl (C=O) groups excluding carboxylic acids is 1. The van der Waals surface area contributed by atoms with E-state index in [0.29, 0.717) is 28.2 Å². The molecule has 1 aliphatic rings. The second-order valence-electron chi connectivity index (χ2n) is 7.30. The van der Waals surface area contributed by atoms with Crippen molar-refractivity contribution in [3.05, 3.63) is 78.6 Å². The van der Waals surface area contributed by atoms with Crippen molar-refractivity contribution in [3.8, 4) is 28.6 Å². The lowest BCUT2D eigenvalue weighted by Gasteiger charge is -2.14. The van der Waals surface area contributed by atoms with Gasteiger partial charge in [-0.25, -0.2) is 4.39 Å². The van der Waals surface area contributed by atoms with E-state index in [2.05, 4.69) is 15.5 Å². The number of para-hydroxylation sites is 1. The predicted octanol–water partition coefficient (Wildman–Crippen LogP) is 4.92. The quantitative estimate of drug-likeness (QED) is 0.410. The molecule has 4 aromatic rings. The van der Waals surface area contributed by atoms with Crippen molar-refractivity contribution in [3.63, 3.8) is 0 Å². The van der Waals surface area contributed by atoms with Crippen LogP contribution >= 0.6 is 11.8 Å². The molecule has 1 aromatic heterocycles. The van der Waals surface area contributed by atoms with E-state index >= 15 is 0 Å². The number of anilines is 1. The van der Waals surface area contributed by atoms with Gasteiger partial charge in [0.15, 0.2) is 22.5 Å². The molecular formula is C24H19FN4O3S. The molecule has 33 heavy (non-hydrogen) atoms. The summed E-state index contributed by atoms with van der Waals surface area (Å²) in [6.45, 7) is 1.95. The van der Waals surface area contributed by atoms with Gasteiger partial charge in [0, 0.05) is 16.9 Å². The molecule has 1 N–H and O–H groups in total. The summed E-state index contributed by atoms with van der Waals surface area (Å²) < 4.78 is 26.3. The van der Waals surface area contributed by atoms with E-state index in [0.717, 1.165) is 11.3 Å². The Morgan fingerprint density at radius 2 is 1.85 bits per heavy atom. The summed E-state index contributed by atoms with van der Waals surface area (Å²) in [5.74, 6) is 1.26. The van der Waals surface area contributed by atoms with E-state index in [9.17, 15) is 9.18 Å². The van der Waals surface area contributed by atoms with Gasteiger partial charge in [0.05, 0.1) is 5.25 Å². The fraction of sp³-hybridized carbons (Fsp3) is 0.125. The number of halogens is 1. The predicted molar refractivity (Wildman–Crippen MR) is 123 cm³/mol. The van der Waals surface area contributed by atoms with Crippen molar-refractivity contribution in [2.75, 3.05) is 12.1 Å². The number of benzene rings is 3. The summed E-state index contributed by atoms with van der Waals surface area (Å²) in [4.78, 5) is 12.7.